The Kier molecular flexibility index (Phi) is 5.85. The van der Waals surface area contributed by atoms with Crippen LogP contribution in [0.4, 0.5) is 5.69 Å². The maximum atomic E-state index is 12.2. The van der Waals surface area contributed by atoms with Crippen LogP contribution in [0.5, 0.6) is 5.75 Å². The van der Waals surface area contributed by atoms with Crippen molar-refractivity contribution in [3.63, 3.8) is 0 Å². The number of aryl methyl sites for hydroxylation is 1. The van der Waals surface area contributed by atoms with Gasteiger partial charge < -0.3 is 10.1 Å². The quantitative estimate of drug-likeness (QED) is 0.645. The number of aromatic nitrogens is 4. The second-order valence-corrected chi connectivity index (χ2v) is 6.42. The first-order valence-electron chi connectivity index (χ1n) is 8.17. The van der Waals surface area contributed by atoms with Crippen molar-refractivity contribution in [2.24, 2.45) is 0 Å². The predicted molar refractivity (Wildman–Crippen MR) is 101 cm³/mol. The topological polar surface area (TPSA) is 81.9 Å². The van der Waals surface area contributed by atoms with Gasteiger partial charge in [-0.1, -0.05) is 36.0 Å². The number of tetrazole rings is 1. The monoisotopic (exact) mass is 369 g/mol. The summed E-state index contributed by atoms with van der Waals surface area (Å²) in [7, 11) is 0. The molecule has 1 N–H and O–H groups in total. The number of anilines is 1. The molecule has 0 bridgehead atoms. The zero-order valence-electron chi connectivity index (χ0n) is 14.5. The summed E-state index contributed by atoms with van der Waals surface area (Å²) in [6.45, 7) is 4.44. The third-order valence-corrected chi connectivity index (χ3v) is 4.39. The Morgan fingerprint density at radius 1 is 1.23 bits per heavy atom. The molecule has 1 amide bonds. The Labute approximate surface area is 155 Å². The number of carbonyl (C=O) groups excluding carboxylic acids is 1. The maximum Gasteiger partial charge on any atom is 0.234 e. The number of rotatable bonds is 7. The van der Waals surface area contributed by atoms with E-state index in [4.69, 9.17) is 4.74 Å². The Bertz CT molecular complexity index is 897. The molecule has 1 heterocycles. The molecule has 0 saturated carbocycles. The predicted octanol–water partition coefficient (Wildman–Crippen LogP) is 3.10. The van der Waals surface area contributed by atoms with E-state index in [1.807, 2.05) is 62.4 Å². The second-order valence-electron chi connectivity index (χ2n) is 5.48. The van der Waals surface area contributed by atoms with Crippen LogP contribution in [0.25, 0.3) is 5.69 Å². The molecule has 0 unspecified atom stereocenters. The van der Waals surface area contributed by atoms with Crippen molar-refractivity contribution in [1.29, 1.82) is 0 Å². The molecule has 0 spiro atoms. The molecule has 3 rings (SSSR count). The molecule has 0 atom stereocenters. The van der Waals surface area contributed by atoms with Crippen LogP contribution in [-0.4, -0.2) is 38.5 Å². The van der Waals surface area contributed by atoms with Crippen LogP contribution in [0.3, 0.4) is 0 Å². The van der Waals surface area contributed by atoms with E-state index < -0.39 is 0 Å². The zero-order valence-corrected chi connectivity index (χ0v) is 15.4. The number of amides is 1. The minimum atomic E-state index is -0.117. The SMILES string of the molecule is CCOc1ccccc1-n1nnnc1SCC(=O)Nc1cccc(C)c1. The molecule has 2 aromatic carbocycles. The summed E-state index contributed by atoms with van der Waals surface area (Å²) in [6.07, 6.45) is 0. The highest BCUT2D eigenvalue weighted by atomic mass is 32.2. The van der Waals surface area contributed by atoms with E-state index in [0.29, 0.717) is 17.5 Å². The van der Waals surface area contributed by atoms with Gasteiger partial charge in [0.25, 0.3) is 0 Å². The zero-order chi connectivity index (χ0) is 18.4. The Balaban J connectivity index is 1.69. The number of nitrogens with zero attached hydrogens (tertiary/aromatic N) is 4. The summed E-state index contributed by atoms with van der Waals surface area (Å²) in [5, 5.41) is 15.2. The summed E-state index contributed by atoms with van der Waals surface area (Å²) in [6, 6.07) is 15.2. The largest absolute Gasteiger partial charge is 0.492 e. The van der Waals surface area contributed by atoms with Crippen LogP contribution in [0.2, 0.25) is 0 Å². The van der Waals surface area contributed by atoms with Gasteiger partial charge in [0.15, 0.2) is 0 Å². The van der Waals surface area contributed by atoms with Crippen molar-refractivity contribution >= 4 is 23.4 Å². The lowest BCUT2D eigenvalue weighted by Gasteiger charge is -2.10. The molecule has 0 aliphatic carbocycles. The fraction of sp³-hybridized carbons (Fsp3) is 0.222. The maximum absolute atomic E-state index is 12.2. The molecule has 0 aliphatic heterocycles. The van der Waals surface area contributed by atoms with Crippen molar-refractivity contribution in [2.75, 3.05) is 17.7 Å². The second kappa shape index (κ2) is 8.48. The van der Waals surface area contributed by atoms with Crippen LogP contribution < -0.4 is 10.1 Å². The first-order valence-corrected chi connectivity index (χ1v) is 9.16. The van der Waals surface area contributed by atoms with Gasteiger partial charge in [-0.15, -0.1) is 5.10 Å². The standard InChI is InChI=1S/C18H19N5O2S/c1-3-25-16-10-5-4-9-15(16)23-18(20-21-22-23)26-12-17(24)19-14-8-6-7-13(2)11-14/h4-11H,3,12H2,1-2H3,(H,19,24). The number of ether oxygens (including phenoxy) is 1. The molecule has 1 aromatic heterocycles. The van der Waals surface area contributed by atoms with Crippen LogP contribution in [-0.2, 0) is 4.79 Å². The summed E-state index contributed by atoms with van der Waals surface area (Å²) >= 11 is 1.27. The van der Waals surface area contributed by atoms with E-state index in [9.17, 15) is 4.79 Å². The molecule has 26 heavy (non-hydrogen) atoms. The number of hydrogen-bond donors (Lipinski definition) is 1. The van der Waals surface area contributed by atoms with E-state index in [1.54, 1.807) is 4.68 Å². The highest BCUT2D eigenvalue weighted by Crippen LogP contribution is 2.26. The van der Waals surface area contributed by atoms with Gasteiger partial charge in [0, 0.05) is 5.69 Å². The molecule has 134 valence electrons. The van der Waals surface area contributed by atoms with Crippen molar-refractivity contribution < 1.29 is 9.53 Å². The van der Waals surface area contributed by atoms with Gasteiger partial charge in [0.1, 0.15) is 11.4 Å². The Morgan fingerprint density at radius 2 is 2.08 bits per heavy atom. The molecular formula is C18H19N5O2S. The lowest BCUT2D eigenvalue weighted by Crippen LogP contribution is -2.14. The fourth-order valence-electron chi connectivity index (χ4n) is 2.38. The number of nitrogens with one attached hydrogen (secondary N) is 1. The van der Waals surface area contributed by atoms with Gasteiger partial charge in [-0.05, 0) is 54.1 Å². The van der Waals surface area contributed by atoms with Gasteiger partial charge in [0.2, 0.25) is 11.1 Å². The number of benzene rings is 2. The number of thioether (sulfide) groups is 1. The van der Waals surface area contributed by atoms with Gasteiger partial charge in [-0.2, -0.15) is 4.68 Å². The van der Waals surface area contributed by atoms with Gasteiger partial charge >= 0.3 is 0 Å². The molecule has 0 fully saturated rings. The molecule has 3 aromatic rings. The Morgan fingerprint density at radius 3 is 2.88 bits per heavy atom. The van der Waals surface area contributed by atoms with E-state index in [1.165, 1.54) is 11.8 Å². The first kappa shape index (κ1) is 17.9. The van der Waals surface area contributed by atoms with Gasteiger partial charge in [0.05, 0.1) is 12.4 Å². The molecule has 0 radical (unpaired) electrons. The van der Waals surface area contributed by atoms with Gasteiger partial charge in [-0.25, -0.2) is 0 Å². The average Bonchev–Trinajstić information content (AvgIpc) is 3.09. The van der Waals surface area contributed by atoms with Crippen LogP contribution in [0, 0.1) is 6.92 Å². The Hall–Kier alpha value is -2.87. The van der Waals surface area contributed by atoms with Crippen molar-refractivity contribution in [1.82, 2.24) is 20.2 Å². The summed E-state index contributed by atoms with van der Waals surface area (Å²) < 4.78 is 7.21. The third kappa shape index (κ3) is 4.40. The third-order valence-electron chi connectivity index (χ3n) is 3.47. The van der Waals surface area contributed by atoms with E-state index >= 15 is 0 Å². The molecule has 0 saturated heterocycles. The van der Waals surface area contributed by atoms with Gasteiger partial charge in [-0.3, -0.25) is 4.79 Å². The highest BCUT2D eigenvalue weighted by molar-refractivity contribution is 7.99. The molecule has 8 heteroatoms. The fourth-order valence-corrected chi connectivity index (χ4v) is 3.06. The minimum Gasteiger partial charge on any atom is -0.492 e. The van der Waals surface area contributed by atoms with Crippen molar-refractivity contribution in [3.8, 4) is 11.4 Å². The normalized spacial score (nSPS) is 10.5. The number of carbonyl (C=O) groups is 1. The first-order chi connectivity index (χ1) is 12.7. The smallest absolute Gasteiger partial charge is 0.234 e. The number of para-hydroxylation sites is 2. The summed E-state index contributed by atoms with van der Waals surface area (Å²) in [5.74, 6) is 0.770. The minimum absolute atomic E-state index is 0.117. The molecule has 0 aliphatic rings. The lowest BCUT2D eigenvalue weighted by atomic mass is 10.2. The van der Waals surface area contributed by atoms with E-state index in [2.05, 4.69) is 20.8 Å². The van der Waals surface area contributed by atoms with Crippen LogP contribution in [0.1, 0.15) is 12.5 Å². The van der Waals surface area contributed by atoms with Crippen molar-refractivity contribution in [2.45, 2.75) is 19.0 Å². The molecular weight excluding hydrogens is 350 g/mol. The lowest BCUT2D eigenvalue weighted by molar-refractivity contribution is -0.113. The average molecular weight is 369 g/mol. The van der Waals surface area contributed by atoms with E-state index in [0.717, 1.165) is 16.9 Å². The van der Waals surface area contributed by atoms with E-state index in [-0.39, 0.29) is 11.7 Å². The van der Waals surface area contributed by atoms with Crippen LogP contribution >= 0.6 is 11.8 Å². The summed E-state index contributed by atoms with van der Waals surface area (Å²) in [4.78, 5) is 12.2. The van der Waals surface area contributed by atoms with Crippen LogP contribution in [0.15, 0.2) is 53.7 Å². The number of hydrogen-bond acceptors (Lipinski definition) is 6. The molecule has 7 nitrogen and oxygen atoms in total. The summed E-state index contributed by atoms with van der Waals surface area (Å²) in [5.41, 5.74) is 2.60. The highest BCUT2D eigenvalue weighted by Gasteiger charge is 2.14. The van der Waals surface area contributed by atoms with Crippen molar-refractivity contribution in [3.05, 3.63) is 54.1 Å².